The summed E-state index contributed by atoms with van der Waals surface area (Å²) in [4.78, 5) is 0. The van der Waals surface area contributed by atoms with Gasteiger partial charge in [0.15, 0.2) is 6.29 Å². The maximum atomic E-state index is 5.40. The van der Waals surface area contributed by atoms with Crippen LogP contribution >= 0.6 is 15.9 Å². The molecule has 0 amide bonds. The van der Waals surface area contributed by atoms with Gasteiger partial charge in [-0.3, -0.25) is 4.68 Å². The maximum Gasteiger partial charge on any atom is 0.172 e. The minimum Gasteiger partial charge on any atom is -0.354 e. The van der Waals surface area contributed by atoms with Crippen LogP contribution in [0.25, 0.3) is 0 Å². The van der Waals surface area contributed by atoms with Crippen molar-refractivity contribution in [3.05, 3.63) is 15.9 Å². The van der Waals surface area contributed by atoms with Crippen LogP contribution in [0.4, 0.5) is 0 Å². The van der Waals surface area contributed by atoms with Gasteiger partial charge in [-0.05, 0) is 35.8 Å². The average molecular weight is 348 g/mol. The Morgan fingerprint density at radius 2 is 1.90 bits per heavy atom. The van der Waals surface area contributed by atoms with Gasteiger partial charge in [0, 0.05) is 27.2 Å². The first-order valence-electron chi connectivity index (χ1n) is 7.15. The van der Waals surface area contributed by atoms with Gasteiger partial charge in [-0.1, -0.05) is 13.8 Å². The predicted octanol–water partition coefficient (Wildman–Crippen LogP) is 2.37. The van der Waals surface area contributed by atoms with Crippen LogP contribution in [0.2, 0.25) is 0 Å². The van der Waals surface area contributed by atoms with Crippen LogP contribution in [-0.4, -0.2) is 42.9 Å². The SMILES string of the molecule is CCNC(Cc1c(Br)c(CC)nn1CC)C(OC)OC. The second-order valence-corrected chi connectivity index (χ2v) is 5.38. The summed E-state index contributed by atoms with van der Waals surface area (Å²) in [5, 5.41) is 8.06. The molecule has 20 heavy (non-hydrogen) atoms. The molecule has 0 aliphatic carbocycles. The normalized spacial score (nSPS) is 13.2. The second kappa shape index (κ2) is 8.77. The highest BCUT2D eigenvalue weighted by molar-refractivity contribution is 9.10. The smallest absolute Gasteiger partial charge is 0.172 e. The van der Waals surface area contributed by atoms with E-state index in [0.717, 1.165) is 36.1 Å². The average Bonchev–Trinajstić information content (AvgIpc) is 2.76. The molecule has 1 atom stereocenters. The number of hydrogen-bond donors (Lipinski definition) is 1. The summed E-state index contributed by atoms with van der Waals surface area (Å²) < 4.78 is 14.0. The van der Waals surface area contributed by atoms with E-state index in [1.807, 2.05) is 0 Å². The van der Waals surface area contributed by atoms with Gasteiger partial charge in [0.05, 0.1) is 21.9 Å². The standard InChI is InChI=1S/C14H26BrN3O2/c1-6-10-13(15)12(18(8-3)17-10)9-11(16-7-2)14(19-4)20-5/h11,14,16H,6-9H2,1-5H3. The summed E-state index contributed by atoms with van der Waals surface area (Å²) in [5.74, 6) is 0. The Balaban J connectivity index is 3.00. The van der Waals surface area contributed by atoms with Crippen molar-refractivity contribution in [2.24, 2.45) is 0 Å². The lowest BCUT2D eigenvalue weighted by Crippen LogP contribution is -2.44. The molecule has 1 N–H and O–H groups in total. The Kier molecular flexibility index (Phi) is 7.72. The maximum absolute atomic E-state index is 5.40. The van der Waals surface area contributed by atoms with Gasteiger partial charge in [-0.15, -0.1) is 0 Å². The molecule has 1 rings (SSSR count). The van der Waals surface area contributed by atoms with E-state index in [2.05, 4.69) is 51.8 Å². The van der Waals surface area contributed by atoms with Crippen molar-refractivity contribution in [3.63, 3.8) is 0 Å². The molecule has 0 spiro atoms. The summed E-state index contributed by atoms with van der Waals surface area (Å²) >= 11 is 3.68. The van der Waals surface area contributed by atoms with Gasteiger partial charge in [0.25, 0.3) is 0 Å². The molecule has 0 saturated heterocycles. The molecule has 0 saturated carbocycles. The van der Waals surface area contributed by atoms with E-state index in [4.69, 9.17) is 9.47 Å². The molecule has 0 aliphatic rings. The number of ether oxygens (including phenoxy) is 2. The Bertz CT molecular complexity index is 405. The van der Waals surface area contributed by atoms with Crippen LogP contribution < -0.4 is 5.32 Å². The number of nitrogens with one attached hydrogen (secondary N) is 1. The van der Waals surface area contributed by atoms with Crippen molar-refractivity contribution < 1.29 is 9.47 Å². The van der Waals surface area contributed by atoms with Crippen molar-refractivity contribution in [2.75, 3.05) is 20.8 Å². The topological polar surface area (TPSA) is 48.3 Å². The van der Waals surface area contributed by atoms with Crippen molar-refractivity contribution >= 4 is 15.9 Å². The Labute approximate surface area is 130 Å². The van der Waals surface area contributed by atoms with Crippen LogP contribution in [0.1, 0.15) is 32.2 Å². The molecular weight excluding hydrogens is 322 g/mol. The zero-order valence-electron chi connectivity index (χ0n) is 13.1. The first-order chi connectivity index (χ1) is 9.62. The first kappa shape index (κ1) is 17.6. The zero-order chi connectivity index (χ0) is 15.1. The molecule has 0 bridgehead atoms. The molecule has 1 heterocycles. The largest absolute Gasteiger partial charge is 0.354 e. The summed E-state index contributed by atoms with van der Waals surface area (Å²) in [5.41, 5.74) is 2.29. The molecule has 0 radical (unpaired) electrons. The molecule has 0 aromatic carbocycles. The third kappa shape index (κ3) is 4.04. The fourth-order valence-electron chi connectivity index (χ4n) is 2.37. The minimum atomic E-state index is -0.271. The summed E-state index contributed by atoms with van der Waals surface area (Å²) in [6, 6.07) is 0.0954. The van der Waals surface area contributed by atoms with Crippen LogP contribution in [0.15, 0.2) is 4.47 Å². The fraction of sp³-hybridized carbons (Fsp3) is 0.786. The van der Waals surface area contributed by atoms with Gasteiger partial charge < -0.3 is 14.8 Å². The summed E-state index contributed by atoms with van der Waals surface area (Å²) in [6.45, 7) is 8.03. The number of rotatable bonds is 9. The quantitative estimate of drug-likeness (QED) is 0.696. The van der Waals surface area contributed by atoms with Gasteiger partial charge in [0.1, 0.15) is 0 Å². The summed E-state index contributed by atoms with van der Waals surface area (Å²) in [6.07, 6.45) is 1.46. The molecule has 5 nitrogen and oxygen atoms in total. The number of likely N-dealkylation sites (N-methyl/N-ethyl adjacent to an activating group) is 1. The number of halogens is 1. The molecule has 1 aromatic rings. The van der Waals surface area contributed by atoms with Crippen molar-refractivity contribution in [2.45, 2.75) is 52.5 Å². The molecule has 1 aromatic heterocycles. The van der Waals surface area contributed by atoms with E-state index >= 15 is 0 Å². The van der Waals surface area contributed by atoms with Crippen LogP contribution in [0.5, 0.6) is 0 Å². The van der Waals surface area contributed by atoms with Crippen molar-refractivity contribution in [3.8, 4) is 0 Å². The predicted molar refractivity (Wildman–Crippen MR) is 84.0 cm³/mol. The van der Waals surface area contributed by atoms with E-state index < -0.39 is 0 Å². The molecule has 0 fully saturated rings. The summed E-state index contributed by atoms with van der Waals surface area (Å²) in [7, 11) is 3.34. The number of nitrogens with zero attached hydrogens (tertiary/aromatic N) is 2. The zero-order valence-corrected chi connectivity index (χ0v) is 14.7. The third-order valence-corrected chi connectivity index (χ3v) is 4.28. The van der Waals surface area contributed by atoms with E-state index in [-0.39, 0.29) is 12.3 Å². The van der Waals surface area contributed by atoms with E-state index in [1.54, 1.807) is 14.2 Å². The highest BCUT2D eigenvalue weighted by atomic mass is 79.9. The van der Waals surface area contributed by atoms with Crippen molar-refractivity contribution in [1.29, 1.82) is 0 Å². The number of aromatic nitrogens is 2. The van der Waals surface area contributed by atoms with Gasteiger partial charge in [0.2, 0.25) is 0 Å². The number of hydrogen-bond acceptors (Lipinski definition) is 4. The van der Waals surface area contributed by atoms with Gasteiger partial charge in [-0.25, -0.2) is 0 Å². The lowest BCUT2D eigenvalue weighted by molar-refractivity contribution is -0.122. The van der Waals surface area contributed by atoms with Crippen LogP contribution in [-0.2, 0) is 28.9 Å². The van der Waals surface area contributed by atoms with E-state index in [1.165, 1.54) is 5.69 Å². The van der Waals surface area contributed by atoms with Crippen LogP contribution in [0, 0.1) is 0 Å². The lowest BCUT2D eigenvalue weighted by Gasteiger charge is -2.25. The fourth-order valence-corrected chi connectivity index (χ4v) is 3.10. The van der Waals surface area contributed by atoms with E-state index in [0.29, 0.717) is 0 Å². The number of aryl methyl sites for hydroxylation is 2. The van der Waals surface area contributed by atoms with Gasteiger partial charge in [-0.2, -0.15) is 5.10 Å². The first-order valence-corrected chi connectivity index (χ1v) is 7.95. The lowest BCUT2D eigenvalue weighted by atomic mass is 10.1. The number of methoxy groups -OCH3 is 2. The highest BCUT2D eigenvalue weighted by Gasteiger charge is 2.24. The Hall–Kier alpha value is -0.430. The van der Waals surface area contributed by atoms with Crippen LogP contribution in [0.3, 0.4) is 0 Å². The monoisotopic (exact) mass is 347 g/mol. The molecule has 116 valence electrons. The minimum absolute atomic E-state index is 0.0954. The Morgan fingerprint density at radius 1 is 1.25 bits per heavy atom. The Morgan fingerprint density at radius 3 is 2.35 bits per heavy atom. The molecule has 0 aliphatic heterocycles. The van der Waals surface area contributed by atoms with Crippen molar-refractivity contribution in [1.82, 2.24) is 15.1 Å². The van der Waals surface area contributed by atoms with Gasteiger partial charge >= 0.3 is 0 Å². The van der Waals surface area contributed by atoms with E-state index in [9.17, 15) is 0 Å². The molecule has 1 unspecified atom stereocenters. The highest BCUT2D eigenvalue weighted by Crippen LogP contribution is 2.24. The molecule has 6 heteroatoms. The molecular formula is C14H26BrN3O2. The third-order valence-electron chi connectivity index (χ3n) is 3.37. The second-order valence-electron chi connectivity index (χ2n) is 4.58.